The van der Waals surface area contributed by atoms with Crippen LogP contribution in [0.3, 0.4) is 0 Å². The zero-order valence-corrected chi connectivity index (χ0v) is 16.5. The molecule has 0 bridgehead atoms. The molecular formula is C22H20ClN3O3. The highest BCUT2D eigenvalue weighted by molar-refractivity contribution is 6.31. The molecule has 148 valence electrons. The maximum Gasteiger partial charge on any atom is 0.182 e. The molecule has 4 heterocycles. The van der Waals surface area contributed by atoms with Crippen LogP contribution in [0, 0.1) is 0 Å². The number of nitrogens with zero attached hydrogens (tertiary/aromatic N) is 2. The van der Waals surface area contributed by atoms with Gasteiger partial charge in [0.15, 0.2) is 11.9 Å². The van der Waals surface area contributed by atoms with Crippen LogP contribution >= 0.6 is 11.6 Å². The SMILES string of the molecule is OC1CCc2c(-c3cc(Cl)cc4c3OC(c3onc5c3CNCC5)C4)ccnc21. The first-order valence-corrected chi connectivity index (χ1v) is 10.4. The van der Waals surface area contributed by atoms with Gasteiger partial charge in [-0.25, -0.2) is 0 Å². The van der Waals surface area contributed by atoms with Crippen LogP contribution in [0.5, 0.6) is 5.75 Å². The zero-order chi connectivity index (χ0) is 19.5. The molecule has 29 heavy (non-hydrogen) atoms. The number of halogens is 1. The third-order valence-electron chi connectivity index (χ3n) is 6.19. The molecule has 7 heteroatoms. The van der Waals surface area contributed by atoms with E-state index in [0.29, 0.717) is 17.9 Å². The number of hydrogen-bond donors (Lipinski definition) is 2. The van der Waals surface area contributed by atoms with Crippen molar-refractivity contribution in [2.75, 3.05) is 6.54 Å². The first kappa shape index (κ1) is 17.4. The molecule has 0 fully saturated rings. The second kappa shape index (κ2) is 6.55. The third kappa shape index (κ3) is 2.70. The van der Waals surface area contributed by atoms with Gasteiger partial charge in [-0.15, -0.1) is 0 Å². The van der Waals surface area contributed by atoms with E-state index in [2.05, 4.69) is 15.5 Å². The summed E-state index contributed by atoms with van der Waals surface area (Å²) in [5.74, 6) is 1.64. The van der Waals surface area contributed by atoms with Crippen molar-refractivity contribution in [3.63, 3.8) is 0 Å². The summed E-state index contributed by atoms with van der Waals surface area (Å²) in [7, 11) is 0. The van der Waals surface area contributed by atoms with Crippen LogP contribution in [-0.2, 0) is 25.8 Å². The average Bonchev–Trinajstić information content (AvgIpc) is 3.43. The number of aliphatic hydroxyl groups excluding tert-OH is 1. The number of pyridine rings is 1. The van der Waals surface area contributed by atoms with Crippen molar-refractivity contribution in [2.45, 2.75) is 44.4 Å². The van der Waals surface area contributed by atoms with Gasteiger partial charge < -0.3 is 19.7 Å². The van der Waals surface area contributed by atoms with E-state index < -0.39 is 6.10 Å². The lowest BCUT2D eigenvalue weighted by Crippen LogP contribution is -2.24. The Morgan fingerprint density at radius 1 is 1.17 bits per heavy atom. The van der Waals surface area contributed by atoms with Crippen LogP contribution in [0.2, 0.25) is 5.02 Å². The van der Waals surface area contributed by atoms with Crippen LogP contribution in [0.15, 0.2) is 28.9 Å². The quantitative estimate of drug-likeness (QED) is 0.671. The largest absolute Gasteiger partial charge is 0.481 e. The molecular weight excluding hydrogens is 390 g/mol. The second-order valence-corrected chi connectivity index (χ2v) is 8.36. The van der Waals surface area contributed by atoms with Gasteiger partial charge in [0.2, 0.25) is 0 Å². The van der Waals surface area contributed by atoms with Crippen molar-refractivity contribution in [3.8, 4) is 16.9 Å². The van der Waals surface area contributed by atoms with Crippen LogP contribution in [0.25, 0.3) is 11.1 Å². The summed E-state index contributed by atoms with van der Waals surface area (Å²) in [6.45, 7) is 1.68. The van der Waals surface area contributed by atoms with Crippen molar-refractivity contribution in [1.82, 2.24) is 15.5 Å². The molecule has 2 atom stereocenters. The summed E-state index contributed by atoms with van der Waals surface area (Å²) in [6, 6.07) is 5.90. The van der Waals surface area contributed by atoms with Crippen molar-refractivity contribution >= 4 is 11.6 Å². The van der Waals surface area contributed by atoms with E-state index in [1.54, 1.807) is 6.20 Å². The molecule has 2 aliphatic heterocycles. The van der Waals surface area contributed by atoms with Crippen molar-refractivity contribution < 1.29 is 14.4 Å². The molecule has 1 aliphatic carbocycles. The minimum Gasteiger partial charge on any atom is -0.481 e. The predicted octanol–water partition coefficient (Wildman–Crippen LogP) is 3.69. The van der Waals surface area contributed by atoms with Crippen LogP contribution in [-0.4, -0.2) is 21.8 Å². The predicted molar refractivity (Wildman–Crippen MR) is 107 cm³/mol. The molecule has 3 aliphatic rings. The molecule has 0 radical (unpaired) electrons. The molecule has 6 nitrogen and oxygen atoms in total. The molecule has 0 spiro atoms. The van der Waals surface area contributed by atoms with E-state index in [1.807, 2.05) is 18.2 Å². The Hall–Kier alpha value is -2.41. The normalized spacial score (nSPS) is 22.1. The molecule has 0 saturated carbocycles. The Balaban J connectivity index is 1.43. The lowest BCUT2D eigenvalue weighted by Gasteiger charge is -2.16. The summed E-state index contributed by atoms with van der Waals surface area (Å²) in [4.78, 5) is 4.39. The number of rotatable bonds is 2. The average molecular weight is 410 g/mol. The van der Waals surface area contributed by atoms with Crippen molar-refractivity contribution in [3.05, 3.63) is 63.3 Å². The summed E-state index contributed by atoms with van der Waals surface area (Å²) in [5.41, 5.74) is 7.04. The smallest absolute Gasteiger partial charge is 0.182 e. The van der Waals surface area contributed by atoms with E-state index in [0.717, 1.165) is 76.6 Å². The lowest BCUT2D eigenvalue weighted by molar-refractivity contribution is 0.176. The van der Waals surface area contributed by atoms with Gasteiger partial charge in [-0.3, -0.25) is 4.98 Å². The van der Waals surface area contributed by atoms with Gasteiger partial charge in [0.25, 0.3) is 0 Å². The number of benzene rings is 1. The topological polar surface area (TPSA) is 80.4 Å². The van der Waals surface area contributed by atoms with Crippen LogP contribution < -0.4 is 10.1 Å². The molecule has 1 aromatic carbocycles. The molecule has 3 aromatic rings. The van der Waals surface area contributed by atoms with E-state index in [1.165, 1.54) is 0 Å². The minimum absolute atomic E-state index is 0.209. The first-order valence-electron chi connectivity index (χ1n) is 10.0. The highest BCUT2D eigenvalue weighted by Crippen LogP contribution is 2.48. The van der Waals surface area contributed by atoms with E-state index in [9.17, 15) is 5.11 Å². The van der Waals surface area contributed by atoms with Crippen LogP contribution in [0.1, 0.15) is 52.5 Å². The summed E-state index contributed by atoms with van der Waals surface area (Å²) in [6.07, 6.45) is 4.11. The summed E-state index contributed by atoms with van der Waals surface area (Å²) in [5, 5.41) is 18.6. The number of aliphatic hydroxyl groups is 1. The third-order valence-corrected chi connectivity index (χ3v) is 6.41. The van der Waals surface area contributed by atoms with Crippen molar-refractivity contribution in [2.24, 2.45) is 0 Å². The van der Waals surface area contributed by atoms with Gasteiger partial charge in [0.1, 0.15) is 5.75 Å². The Morgan fingerprint density at radius 3 is 3.03 bits per heavy atom. The molecule has 2 unspecified atom stereocenters. The fourth-order valence-corrected chi connectivity index (χ4v) is 5.06. The highest BCUT2D eigenvalue weighted by atomic mass is 35.5. The van der Waals surface area contributed by atoms with Crippen molar-refractivity contribution in [1.29, 1.82) is 0 Å². The summed E-state index contributed by atoms with van der Waals surface area (Å²) >= 11 is 6.48. The Labute approximate surface area is 172 Å². The number of hydrogen-bond acceptors (Lipinski definition) is 6. The van der Waals surface area contributed by atoms with Gasteiger partial charge in [0, 0.05) is 53.8 Å². The monoisotopic (exact) mass is 409 g/mol. The van der Waals surface area contributed by atoms with Gasteiger partial charge >= 0.3 is 0 Å². The standard InChI is InChI=1S/C22H20ClN3O3/c23-12-7-11-8-19(22-16-10-24-5-4-17(16)26-29-22)28-21(11)15(9-12)13-3-6-25-20-14(13)1-2-18(20)27/h3,6-7,9,18-19,24,27H,1-2,4-5,8,10H2. The minimum atomic E-state index is -0.501. The van der Waals surface area contributed by atoms with Gasteiger partial charge in [-0.05, 0) is 42.2 Å². The molecule has 2 aromatic heterocycles. The maximum atomic E-state index is 10.2. The Morgan fingerprint density at radius 2 is 2.10 bits per heavy atom. The summed E-state index contributed by atoms with van der Waals surface area (Å²) < 4.78 is 12.1. The number of nitrogens with one attached hydrogen (secondary N) is 1. The van der Waals surface area contributed by atoms with E-state index >= 15 is 0 Å². The van der Waals surface area contributed by atoms with Gasteiger partial charge in [0.05, 0.1) is 17.5 Å². The number of ether oxygens (including phenoxy) is 1. The molecule has 0 amide bonds. The highest BCUT2D eigenvalue weighted by Gasteiger charge is 2.35. The molecule has 0 saturated heterocycles. The van der Waals surface area contributed by atoms with Gasteiger partial charge in [-0.1, -0.05) is 16.8 Å². The molecule has 6 rings (SSSR count). The maximum absolute atomic E-state index is 10.2. The first-order chi connectivity index (χ1) is 14.2. The molecule has 2 N–H and O–H groups in total. The Kier molecular flexibility index (Phi) is 3.94. The van der Waals surface area contributed by atoms with E-state index in [-0.39, 0.29) is 6.10 Å². The fraction of sp³-hybridized carbons (Fsp3) is 0.364. The number of aromatic nitrogens is 2. The second-order valence-electron chi connectivity index (χ2n) is 7.93. The fourth-order valence-electron chi connectivity index (χ4n) is 4.82. The zero-order valence-electron chi connectivity index (χ0n) is 15.7. The lowest BCUT2D eigenvalue weighted by atomic mass is 9.96. The van der Waals surface area contributed by atoms with E-state index in [4.69, 9.17) is 20.9 Å². The van der Waals surface area contributed by atoms with Gasteiger partial charge in [-0.2, -0.15) is 0 Å². The number of fused-ring (bicyclic) bond motifs is 3. The Bertz CT molecular complexity index is 1130. The van der Waals surface area contributed by atoms with Crippen LogP contribution in [0.4, 0.5) is 0 Å².